The lowest BCUT2D eigenvalue weighted by atomic mass is 10.0. The molecule has 9 heteroatoms. The SMILES string of the molecule is CC(C)c1ccc(-c2noc(CSc3nnnn3CCc3cccs3)n2)cc1. The van der Waals surface area contributed by atoms with Crippen molar-refractivity contribution in [2.45, 2.75) is 43.6 Å². The topological polar surface area (TPSA) is 82.5 Å². The molecule has 0 aliphatic rings. The van der Waals surface area contributed by atoms with E-state index in [0.717, 1.165) is 23.7 Å². The van der Waals surface area contributed by atoms with Crippen LogP contribution in [-0.2, 0) is 18.7 Å². The van der Waals surface area contributed by atoms with Gasteiger partial charge in [0.2, 0.25) is 16.9 Å². The molecular formula is C19H20N6OS2. The molecule has 4 aromatic rings. The van der Waals surface area contributed by atoms with E-state index in [0.29, 0.717) is 23.4 Å². The largest absolute Gasteiger partial charge is 0.338 e. The fraction of sp³-hybridized carbons (Fsp3) is 0.316. The summed E-state index contributed by atoms with van der Waals surface area (Å²) in [7, 11) is 0. The van der Waals surface area contributed by atoms with Crippen LogP contribution in [0.1, 0.15) is 36.1 Å². The highest BCUT2D eigenvalue weighted by Crippen LogP contribution is 2.23. The molecule has 144 valence electrons. The molecule has 0 aliphatic heterocycles. The summed E-state index contributed by atoms with van der Waals surface area (Å²) in [5, 5.41) is 18.9. The molecular weight excluding hydrogens is 392 g/mol. The molecule has 0 radical (unpaired) electrons. The maximum Gasteiger partial charge on any atom is 0.237 e. The van der Waals surface area contributed by atoms with E-state index in [1.807, 2.05) is 16.8 Å². The summed E-state index contributed by atoms with van der Waals surface area (Å²) in [5.74, 6) is 2.18. The standard InChI is InChI=1S/C19H20N6OS2/c1-13(2)14-5-7-15(8-6-14)18-20-17(26-22-18)12-28-19-21-23-24-25(19)10-9-16-4-3-11-27-16/h3-8,11,13H,9-10,12H2,1-2H3. The molecule has 3 aromatic heterocycles. The summed E-state index contributed by atoms with van der Waals surface area (Å²) in [6, 6.07) is 12.4. The molecule has 3 heterocycles. The molecule has 0 N–H and O–H groups in total. The highest BCUT2D eigenvalue weighted by molar-refractivity contribution is 7.98. The summed E-state index contributed by atoms with van der Waals surface area (Å²) in [6.07, 6.45) is 0.910. The number of hydrogen-bond acceptors (Lipinski definition) is 8. The van der Waals surface area contributed by atoms with Gasteiger partial charge in [0.1, 0.15) is 0 Å². The number of hydrogen-bond donors (Lipinski definition) is 0. The monoisotopic (exact) mass is 412 g/mol. The molecule has 0 saturated carbocycles. The number of thioether (sulfide) groups is 1. The van der Waals surface area contributed by atoms with E-state index < -0.39 is 0 Å². The van der Waals surface area contributed by atoms with Gasteiger partial charge in [0.15, 0.2) is 0 Å². The molecule has 7 nitrogen and oxygen atoms in total. The molecule has 0 bridgehead atoms. The lowest BCUT2D eigenvalue weighted by Crippen LogP contribution is -2.04. The van der Waals surface area contributed by atoms with Gasteiger partial charge in [-0.1, -0.05) is 61.1 Å². The highest BCUT2D eigenvalue weighted by Gasteiger charge is 2.13. The Morgan fingerprint density at radius 2 is 2.04 bits per heavy atom. The maximum atomic E-state index is 5.40. The second kappa shape index (κ2) is 8.66. The van der Waals surface area contributed by atoms with Crippen LogP contribution in [0, 0.1) is 0 Å². The van der Waals surface area contributed by atoms with Crippen LogP contribution in [0.15, 0.2) is 51.5 Å². The number of thiophene rings is 1. The summed E-state index contributed by atoms with van der Waals surface area (Å²) >= 11 is 3.23. The van der Waals surface area contributed by atoms with Crippen LogP contribution in [-0.4, -0.2) is 30.3 Å². The third-order valence-electron chi connectivity index (χ3n) is 4.28. The number of aryl methyl sites for hydroxylation is 2. The van der Waals surface area contributed by atoms with E-state index in [1.165, 1.54) is 22.2 Å². The van der Waals surface area contributed by atoms with Gasteiger partial charge in [-0.15, -0.1) is 16.4 Å². The van der Waals surface area contributed by atoms with Crippen molar-refractivity contribution in [3.05, 3.63) is 58.1 Å². The van der Waals surface area contributed by atoms with E-state index >= 15 is 0 Å². The molecule has 0 aliphatic carbocycles. The first-order valence-electron chi connectivity index (χ1n) is 9.03. The highest BCUT2D eigenvalue weighted by atomic mass is 32.2. The van der Waals surface area contributed by atoms with Crippen LogP contribution < -0.4 is 0 Å². The smallest absolute Gasteiger partial charge is 0.237 e. The lowest BCUT2D eigenvalue weighted by molar-refractivity contribution is 0.391. The van der Waals surface area contributed by atoms with Crippen molar-refractivity contribution in [2.75, 3.05) is 0 Å². The number of nitrogens with zero attached hydrogens (tertiary/aromatic N) is 6. The van der Waals surface area contributed by atoms with Gasteiger partial charge in [-0.3, -0.25) is 0 Å². The molecule has 0 fully saturated rings. The van der Waals surface area contributed by atoms with Crippen molar-refractivity contribution in [1.82, 2.24) is 30.3 Å². The van der Waals surface area contributed by atoms with Crippen molar-refractivity contribution in [3.63, 3.8) is 0 Å². The zero-order chi connectivity index (χ0) is 19.3. The first kappa shape index (κ1) is 18.8. The Hall–Kier alpha value is -2.52. The quantitative estimate of drug-likeness (QED) is 0.396. The van der Waals surface area contributed by atoms with Crippen molar-refractivity contribution in [1.29, 1.82) is 0 Å². The molecule has 4 rings (SSSR count). The number of tetrazole rings is 1. The first-order valence-corrected chi connectivity index (χ1v) is 10.9. The average Bonchev–Trinajstić information content (AvgIpc) is 3.46. The Bertz CT molecular complexity index is 1010. The second-order valence-electron chi connectivity index (χ2n) is 6.59. The van der Waals surface area contributed by atoms with Crippen LogP contribution in [0.5, 0.6) is 0 Å². The first-order chi connectivity index (χ1) is 13.7. The third-order valence-corrected chi connectivity index (χ3v) is 6.16. The van der Waals surface area contributed by atoms with Crippen molar-refractivity contribution < 1.29 is 4.52 Å². The van der Waals surface area contributed by atoms with E-state index in [1.54, 1.807) is 11.3 Å². The zero-order valence-corrected chi connectivity index (χ0v) is 17.3. The van der Waals surface area contributed by atoms with Gasteiger partial charge in [-0.25, -0.2) is 4.68 Å². The molecule has 0 atom stereocenters. The van der Waals surface area contributed by atoms with E-state index in [2.05, 4.69) is 69.2 Å². The van der Waals surface area contributed by atoms with E-state index in [9.17, 15) is 0 Å². The fourth-order valence-corrected chi connectivity index (χ4v) is 4.12. The van der Waals surface area contributed by atoms with Crippen LogP contribution in [0.3, 0.4) is 0 Å². The second-order valence-corrected chi connectivity index (χ2v) is 8.57. The molecule has 0 spiro atoms. The van der Waals surface area contributed by atoms with Crippen molar-refractivity contribution >= 4 is 23.1 Å². The fourth-order valence-electron chi connectivity index (χ4n) is 2.69. The Morgan fingerprint density at radius 1 is 1.18 bits per heavy atom. The van der Waals surface area contributed by atoms with Gasteiger partial charge in [-0.2, -0.15) is 4.98 Å². The minimum absolute atomic E-state index is 0.497. The van der Waals surface area contributed by atoms with Crippen LogP contribution >= 0.6 is 23.1 Å². The van der Waals surface area contributed by atoms with Gasteiger partial charge in [0, 0.05) is 16.9 Å². The van der Waals surface area contributed by atoms with Crippen LogP contribution in [0.2, 0.25) is 0 Å². The molecule has 0 amide bonds. The van der Waals surface area contributed by atoms with E-state index in [4.69, 9.17) is 4.52 Å². The molecule has 28 heavy (non-hydrogen) atoms. The molecule has 0 saturated heterocycles. The van der Waals surface area contributed by atoms with Crippen molar-refractivity contribution in [3.8, 4) is 11.4 Å². The minimum atomic E-state index is 0.497. The minimum Gasteiger partial charge on any atom is -0.338 e. The Labute approximate surface area is 171 Å². The van der Waals surface area contributed by atoms with Crippen molar-refractivity contribution in [2.24, 2.45) is 0 Å². The van der Waals surface area contributed by atoms with Gasteiger partial charge < -0.3 is 4.52 Å². The summed E-state index contributed by atoms with van der Waals surface area (Å²) in [6.45, 7) is 5.09. The summed E-state index contributed by atoms with van der Waals surface area (Å²) < 4.78 is 7.21. The van der Waals surface area contributed by atoms with Crippen LogP contribution in [0.4, 0.5) is 0 Å². The Kier molecular flexibility index (Phi) is 5.82. The maximum absolute atomic E-state index is 5.40. The van der Waals surface area contributed by atoms with Crippen LogP contribution in [0.25, 0.3) is 11.4 Å². The number of rotatable bonds is 8. The molecule has 0 unspecified atom stereocenters. The predicted molar refractivity (Wildman–Crippen MR) is 109 cm³/mol. The lowest BCUT2D eigenvalue weighted by Gasteiger charge is -2.04. The molecule has 1 aromatic carbocycles. The van der Waals surface area contributed by atoms with Gasteiger partial charge >= 0.3 is 0 Å². The summed E-state index contributed by atoms with van der Waals surface area (Å²) in [4.78, 5) is 5.81. The third kappa shape index (κ3) is 4.48. The predicted octanol–water partition coefficient (Wildman–Crippen LogP) is 4.44. The Balaban J connectivity index is 1.36. The Morgan fingerprint density at radius 3 is 2.79 bits per heavy atom. The normalized spacial score (nSPS) is 11.4. The van der Waals surface area contributed by atoms with Gasteiger partial charge in [-0.05, 0) is 33.4 Å². The van der Waals surface area contributed by atoms with Gasteiger partial charge in [0.05, 0.1) is 12.3 Å². The zero-order valence-electron chi connectivity index (χ0n) is 15.6. The number of aromatic nitrogens is 6. The van der Waals surface area contributed by atoms with E-state index in [-0.39, 0.29) is 0 Å². The number of benzene rings is 1. The van der Waals surface area contributed by atoms with Gasteiger partial charge in [0.25, 0.3) is 0 Å². The summed E-state index contributed by atoms with van der Waals surface area (Å²) in [5.41, 5.74) is 2.24. The average molecular weight is 413 g/mol.